The van der Waals surface area contributed by atoms with Crippen LogP contribution in [0.15, 0.2) is 47.4 Å². The van der Waals surface area contributed by atoms with Gasteiger partial charge in [0, 0.05) is 18.7 Å². The minimum Gasteiger partial charge on any atom is -0.454 e. The summed E-state index contributed by atoms with van der Waals surface area (Å²) in [5.41, 5.74) is 2.14. The van der Waals surface area contributed by atoms with E-state index in [0.29, 0.717) is 18.1 Å². The van der Waals surface area contributed by atoms with Gasteiger partial charge in [-0.15, -0.1) is 0 Å². The smallest absolute Gasteiger partial charge is 0.243 e. The van der Waals surface area contributed by atoms with E-state index < -0.39 is 10.0 Å². The number of ether oxygens (including phenoxy) is 3. The van der Waals surface area contributed by atoms with Crippen LogP contribution in [0, 0.1) is 6.92 Å². The van der Waals surface area contributed by atoms with Crippen molar-refractivity contribution in [2.45, 2.75) is 30.9 Å². The van der Waals surface area contributed by atoms with E-state index in [1.807, 2.05) is 38.1 Å². The monoisotopic (exact) mass is 375 g/mol. The standard InChI is InChI=1S/C19H21NO5S/c1-13-3-5-15(6-4-13)19-10-20(14(2)11-23-19)26(21,22)16-7-8-17-18(9-16)25-12-24-17/h3-9,14,19H,10-12H2,1-2H3. The first kappa shape index (κ1) is 17.3. The quantitative estimate of drug-likeness (QED) is 0.825. The molecule has 0 saturated carbocycles. The Kier molecular flexibility index (Phi) is 4.38. The number of fused-ring (bicyclic) bond motifs is 1. The highest BCUT2D eigenvalue weighted by atomic mass is 32.2. The maximum absolute atomic E-state index is 13.2. The zero-order chi connectivity index (χ0) is 18.3. The molecule has 2 atom stereocenters. The fourth-order valence-electron chi connectivity index (χ4n) is 3.23. The molecule has 2 unspecified atom stereocenters. The van der Waals surface area contributed by atoms with Gasteiger partial charge in [-0.1, -0.05) is 29.8 Å². The average Bonchev–Trinajstić information content (AvgIpc) is 3.10. The van der Waals surface area contributed by atoms with Crippen molar-refractivity contribution in [3.63, 3.8) is 0 Å². The summed E-state index contributed by atoms with van der Waals surface area (Å²) in [7, 11) is -3.66. The lowest BCUT2D eigenvalue weighted by atomic mass is 10.1. The Hall–Kier alpha value is -2.09. The van der Waals surface area contributed by atoms with Crippen molar-refractivity contribution in [2.75, 3.05) is 19.9 Å². The van der Waals surface area contributed by atoms with Crippen LogP contribution in [0.4, 0.5) is 0 Å². The van der Waals surface area contributed by atoms with Gasteiger partial charge in [0.1, 0.15) is 0 Å². The predicted molar refractivity (Wildman–Crippen MR) is 95.8 cm³/mol. The second-order valence-corrected chi connectivity index (χ2v) is 8.56. The van der Waals surface area contributed by atoms with E-state index in [2.05, 4.69) is 0 Å². The Morgan fingerprint density at radius 3 is 2.54 bits per heavy atom. The van der Waals surface area contributed by atoms with E-state index in [0.717, 1.165) is 11.1 Å². The molecule has 2 aliphatic rings. The number of aryl methyl sites for hydroxylation is 1. The van der Waals surface area contributed by atoms with Gasteiger partial charge in [0.15, 0.2) is 11.5 Å². The lowest BCUT2D eigenvalue weighted by Crippen LogP contribution is -2.48. The maximum atomic E-state index is 13.2. The Labute approximate surface area is 153 Å². The summed E-state index contributed by atoms with van der Waals surface area (Å²) in [6, 6.07) is 12.5. The van der Waals surface area contributed by atoms with E-state index >= 15 is 0 Å². The van der Waals surface area contributed by atoms with Crippen LogP contribution >= 0.6 is 0 Å². The highest BCUT2D eigenvalue weighted by Gasteiger charge is 2.36. The summed E-state index contributed by atoms with van der Waals surface area (Å²) in [6.45, 7) is 4.62. The molecule has 138 valence electrons. The molecule has 1 fully saturated rings. The molecule has 0 spiro atoms. The Bertz CT molecular complexity index is 910. The molecular formula is C19H21NO5S. The molecule has 2 aromatic carbocycles. The fourth-order valence-corrected chi connectivity index (χ4v) is 4.86. The molecule has 0 N–H and O–H groups in total. The molecule has 0 aromatic heterocycles. The van der Waals surface area contributed by atoms with E-state index in [4.69, 9.17) is 14.2 Å². The number of nitrogens with zero attached hydrogens (tertiary/aromatic N) is 1. The number of hydrogen-bond acceptors (Lipinski definition) is 5. The van der Waals surface area contributed by atoms with Crippen molar-refractivity contribution >= 4 is 10.0 Å². The highest BCUT2D eigenvalue weighted by molar-refractivity contribution is 7.89. The van der Waals surface area contributed by atoms with Crippen LogP contribution in [0.3, 0.4) is 0 Å². The van der Waals surface area contributed by atoms with Crippen LogP contribution < -0.4 is 9.47 Å². The van der Waals surface area contributed by atoms with E-state index in [-0.39, 0.29) is 30.4 Å². The Morgan fingerprint density at radius 2 is 1.77 bits per heavy atom. The van der Waals surface area contributed by atoms with Gasteiger partial charge in [0.25, 0.3) is 0 Å². The molecule has 0 aliphatic carbocycles. The lowest BCUT2D eigenvalue weighted by Gasteiger charge is -2.37. The molecule has 4 rings (SSSR count). The van der Waals surface area contributed by atoms with Crippen LogP contribution in [-0.4, -0.2) is 38.7 Å². The third-order valence-corrected chi connectivity index (χ3v) is 6.75. The van der Waals surface area contributed by atoms with Gasteiger partial charge in [0.05, 0.1) is 17.6 Å². The minimum atomic E-state index is -3.66. The van der Waals surface area contributed by atoms with Crippen LogP contribution in [0.25, 0.3) is 0 Å². The van der Waals surface area contributed by atoms with E-state index in [1.165, 1.54) is 10.4 Å². The molecule has 2 aliphatic heterocycles. The fraction of sp³-hybridized carbons (Fsp3) is 0.368. The van der Waals surface area contributed by atoms with Crippen molar-refractivity contribution in [3.8, 4) is 11.5 Å². The Morgan fingerprint density at radius 1 is 1.04 bits per heavy atom. The number of rotatable bonds is 3. The largest absolute Gasteiger partial charge is 0.454 e. The van der Waals surface area contributed by atoms with Crippen LogP contribution in [-0.2, 0) is 14.8 Å². The van der Waals surface area contributed by atoms with Crippen molar-refractivity contribution in [3.05, 3.63) is 53.6 Å². The first-order valence-electron chi connectivity index (χ1n) is 8.55. The zero-order valence-corrected chi connectivity index (χ0v) is 15.5. The molecule has 6 nitrogen and oxygen atoms in total. The predicted octanol–water partition coefficient (Wildman–Crippen LogP) is 2.87. The van der Waals surface area contributed by atoms with Gasteiger partial charge >= 0.3 is 0 Å². The summed E-state index contributed by atoms with van der Waals surface area (Å²) in [5.74, 6) is 1.03. The molecule has 7 heteroatoms. The lowest BCUT2D eigenvalue weighted by molar-refractivity contribution is -0.0288. The molecule has 26 heavy (non-hydrogen) atoms. The van der Waals surface area contributed by atoms with Crippen LogP contribution in [0.2, 0.25) is 0 Å². The number of morpholine rings is 1. The topological polar surface area (TPSA) is 65.1 Å². The van der Waals surface area contributed by atoms with Crippen molar-refractivity contribution in [2.24, 2.45) is 0 Å². The van der Waals surface area contributed by atoms with Crippen molar-refractivity contribution < 1.29 is 22.6 Å². The second kappa shape index (κ2) is 6.57. The van der Waals surface area contributed by atoms with Gasteiger partial charge in [0.2, 0.25) is 16.8 Å². The van der Waals surface area contributed by atoms with Crippen LogP contribution in [0.5, 0.6) is 11.5 Å². The normalized spacial score (nSPS) is 23.2. The first-order chi connectivity index (χ1) is 12.4. The second-order valence-electron chi connectivity index (χ2n) is 6.67. The maximum Gasteiger partial charge on any atom is 0.243 e. The SMILES string of the molecule is Cc1ccc(C2CN(S(=O)(=O)c3ccc4c(c3)OCO4)C(C)CO2)cc1. The molecule has 0 radical (unpaired) electrons. The van der Waals surface area contributed by atoms with Crippen molar-refractivity contribution in [1.29, 1.82) is 0 Å². The van der Waals surface area contributed by atoms with Gasteiger partial charge in [-0.05, 0) is 31.5 Å². The number of hydrogen-bond donors (Lipinski definition) is 0. The zero-order valence-electron chi connectivity index (χ0n) is 14.7. The number of benzene rings is 2. The van der Waals surface area contributed by atoms with Crippen LogP contribution in [0.1, 0.15) is 24.2 Å². The molecular weight excluding hydrogens is 354 g/mol. The third kappa shape index (κ3) is 3.06. The van der Waals surface area contributed by atoms with E-state index in [1.54, 1.807) is 12.1 Å². The van der Waals surface area contributed by atoms with Crippen molar-refractivity contribution in [1.82, 2.24) is 4.31 Å². The molecule has 1 saturated heterocycles. The Balaban J connectivity index is 1.62. The third-order valence-electron chi connectivity index (χ3n) is 4.78. The van der Waals surface area contributed by atoms with Gasteiger partial charge < -0.3 is 14.2 Å². The van der Waals surface area contributed by atoms with E-state index in [9.17, 15) is 8.42 Å². The minimum absolute atomic E-state index is 0.113. The summed E-state index contributed by atoms with van der Waals surface area (Å²) in [6.07, 6.45) is -0.282. The molecule has 0 bridgehead atoms. The van der Waals surface area contributed by atoms with Gasteiger partial charge in [-0.2, -0.15) is 4.31 Å². The molecule has 0 amide bonds. The molecule has 2 aromatic rings. The summed E-state index contributed by atoms with van der Waals surface area (Å²) in [4.78, 5) is 0.207. The highest BCUT2D eigenvalue weighted by Crippen LogP contribution is 2.36. The number of sulfonamides is 1. The average molecular weight is 375 g/mol. The first-order valence-corrected chi connectivity index (χ1v) is 9.99. The molecule has 2 heterocycles. The summed E-state index contributed by atoms with van der Waals surface area (Å²) in [5, 5.41) is 0. The summed E-state index contributed by atoms with van der Waals surface area (Å²) < 4.78 is 44.4. The van der Waals surface area contributed by atoms with Gasteiger partial charge in [-0.25, -0.2) is 8.42 Å². The summed E-state index contributed by atoms with van der Waals surface area (Å²) >= 11 is 0. The van der Waals surface area contributed by atoms with Gasteiger partial charge in [-0.3, -0.25) is 0 Å².